The number of benzene rings is 1. The second-order valence-electron chi connectivity index (χ2n) is 5.17. The minimum absolute atomic E-state index is 0.903. The molecule has 94 valence electrons. The van der Waals surface area contributed by atoms with Gasteiger partial charge < -0.3 is 9.42 Å². The van der Waals surface area contributed by atoms with Crippen LogP contribution in [-0.4, -0.2) is 23.6 Å². The predicted molar refractivity (Wildman–Crippen MR) is 71.5 cm³/mol. The molecule has 3 rings (SSSR count). The molecule has 1 aromatic carbocycles. The predicted octanol–water partition coefficient (Wildman–Crippen LogP) is 2.95. The van der Waals surface area contributed by atoms with Crippen LogP contribution in [0.4, 0.5) is 0 Å². The average Bonchev–Trinajstić information content (AvgIpc) is 2.69. The fourth-order valence-electron chi connectivity index (χ4n) is 2.74. The van der Waals surface area contributed by atoms with Crippen molar-refractivity contribution in [2.75, 3.05) is 13.6 Å². The van der Waals surface area contributed by atoms with Gasteiger partial charge >= 0.3 is 0 Å². The molecule has 0 saturated heterocycles. The topological polar surface area (TPSA) is 29.3 Å². The van der Waals surface area contributed by atoms with Gasteiger partial charge in [-0.25, -0.2) is 0 Å². The molecule has 0 aliphatic carbocycles. The summed E-state index contributed by atoms with van der Waals surface area (Å²) in [5.41, 5.74) is 6.26. The zero-order chi connectivity index (χ0) is 12.7. The summed E-state index contributed by atoms with van der Waals surface area (Å²) in [5, 5.41) is 4.03. The quantitative estimate of drug-likeness (QED) is 0.770. The van der Waals surface area contributed by atoms with E-state index in [1.54, 1.807) is 0 Å². The van der Waals surface area contributed by atoms with Gasteiger partial charge in [-0.3, -0.25) is 0 Å². The highest BCUT2D eigenvalue weighted by Gasteiger charge is 2.16. The van der Waals surface area contributed by atoms with Gasteiger partial charge in [0.2, 0.25) is 0 Å². The summed E-state index contributed by atoms with van der Waals surface area (Å²) in [6.07, 6.45) is 1.13. The summed E-state index contributed by atoms with van der Waals surface area (Å²) in [4.78, 5) is 2.36. The van der Waals surface area contributed by atoms with Crippen LogP contribution in [0.2, 0.25) is 0 Å². The number of fused-ring (bicyclic) bond motifs is 1. The molecule has 0 amide bonds. The third kappa shape index (κ3) is 1.85. The number of rotatable bonds is 1. The number of hydrogen-bond acceptors (Lipinski definition) is 3. The molecule has 0 fully saturated rings. The molecule has 3 heteroatoms. The van der Waals surface area contributed by atoms with Crippen LogP contribution in [0, 0.1) is 13.8 Å². The number of aryl methyl sites for hydroxylation is 2. The standard InChI is InChI=1S/C15H18N2O/c1-10-15(11(2)18-16-10)13-4-5-14-9-17(3)7-6-12(14)8-13/h4-5,8H,6-7,9H2,1-3H3. The third-order valence-electron chi connectivity index (χ3n) is 3.73. The van der Waals surface area contributed by atoms with Crippen molar-refractivity contribution in [3.05, 3.63) is 40.8 Å². The molecule has 18 heavy (non-hydrogen) atoms. The van der Waals surface area contributed by atoms with Gasteiger partial charge in [-0.15, -0.1) is 0 Å². The smallest absolute Gasteiger partial charge is 0.141 e. The van der Waals surface area contributed by atoms with Crippen molar-refractivity contribution in [2.24, 2.45) is 0 Å². The maximum Gasteiger partial charge on any atom is 0.141 e. The van der Waals surface area contributed by atoms with E-state index >= 15 is 0 Å². The second-order valence-corrected chi connectivity index (χ2v) is 5.17. The number of nitrogens with zero attached hydrogens (tertiary/aromatic N) is 2. The Morgan fingerprint density at radius 1 is 1.22 bits per heavy atom. The van der Waals surface area contributed by atoms with Crippen molar-refractivity contribution >= 4 is 0 Å². The van der Waals surface area contributed by atoms with Crippen molar-refractivity contribution in [2.45, 2.75) is 26.8 Å². The summed E-state index contributed by atoms with van der Waals surface area (Å²) in [6, 6.07) is 6.73. The molecule has 0 atom stereocenters. The van der Waals surface area contributed by atoms with Crippen molar-refractivity contribution in [3.63, 3.8) is 0 Å². The first-order valence-corrected chi connectivity index (χ1v) is 6.39. The van der Waals surface area contributed by atoms with E-state index in [1.165, 1.54) is 16.7 Å². The van der Waals surface area contributed by atoms with Crippen LogP contribution in [0.15, 0.2) is 22.7 Å². The van der Waals surface area contributed by atoms with Crippen LogP contribution in [0.3, 0.4) is 0 Å². The molecule has 2 aromatic rings. The molecule has 0 spiro atoms. The lowest BCUT2D eigenvalue weighted by atomic mass is 9.94. The molecule has 0 N–H and O–H groups in total. The lowest BCUT2D eigenvalue weighted by Gasteiger charge is -2.25. The van der Waals surface area contributed by atoms with Gasteiger partial charge in [0.05, 0.1) is 5.69 Å². The molecule has 0 saturated carbocycles. The average molecular weight is 242 g/mol. The monoisotopic (exact) mass is 242 g/mol. The van der Waals surface area contributed by atoms with E-state index in [4.69, 9.17) is 4.52 Å². The van der Waals surface area contributed by atoms with Crippen LogP contribution < -0.4 is 0 Å². The van der Waals surface area contributed by atoms with E-state index in [9.17, 15) is 0 Å². The number of likely N-dealkylation sites (N-methyl/N-ethyl adjacent to an activating group) is 1. The van der Waals surface area contributed by atoms with Gasteiger partial charge in [0, 0.05) is 18.7 Å². The van der Waals surface area contributed by atoms with E-state index in [0.717, 1.165) is 36.5 Å². The van der Waals surface area contributed by atoms with Crippen LogP contribution in [0.5, 0.6) is 0 Å². The first kappa shape index (κ1) is 11.5. The van der Waals surface area contributed by atoms with Crippen LogP contribution in [0.1, 0.15) is 22.6 Å². The van der Waals surface area contributed by atoms with E-state index < -0.39 is 0 Å². The van der Waals surface area contributed by atoms with Gasteiger partial charge in [0.25, 0.3) is 0 Å². The Bertz CT molecular complexity index is 567. The molecule has 2 heterocycles. The van der Waals surface area contributed by atoms with E-state index in [2.05, 4.69) is 35.3 Å². The Morgan fingerprint density at radius 2 is 2.06 bits per heavy atom. The lowest BCUT2D eigenvalue weighted by Crippen LogP contribution is -2.26. The maximum atomic E-state index is 5.25. The van der Waals surface area contributed by atoms with E-state index in [-0.39, 0.29) is 0 Å². The molecular formula is C15H18N2O. The van der Waals surface area contributed by atoms with Gasteiger partial charge in [-0.2, -0.15) is 0 Å². The SMILES string of the molecule is Cc1noc(C)c1-c1ccc2c(c1)CCN(C)C2. The summed E-state index contributed by atoms with van der Waals surface area (Å²) in [5.74, 6) is 0.903. The summed E-state index contributed by atoms with van der Waals surface area (Å²) in [7, 11) is 2.17. The number of hydrogen-bond donors (Lipinski definition) is 0. The molecule has 0 radical (unpaired) electrons. The highest BCUT2D eigenvalue weighted by atomic mass is 16.5. The molecular weight excluding hydrogens is 224 g/mol. The summed E-state index contributed by atoms with van der Waals surface area (Å²) in [6.45, 7) is 6.16. The Hall–Kier alpha value is -1.61. The summed E-state index contributed by atoms with van der Waals surface area (Å²) < 4.78 is 5.25. The Kier molecular flexibility index (Phi) is 2.71. The minimum atomic E-state index is 0.903. The highest BCUT2D eigenvalue weighted by Crippen LogP contribution is 2.30. The number of aromatic nitrogens is 1. The zero-order valence-electron chi connectivity index (χ0n) is 11.2. The highest BCUT2D eigenvalue weighted by molar-refractivity contribution is 5.68. The van der Waals surface area contributed by atoms with E-state index in [1.807, 2.05) is 13.8 Å². The van der Waals surface area contributed by atoms with Gasteiger partial charge in [0.1, 0.15) is 5.76 Å². The Morgan fingerprint density at radius 3 is 2.78 bits per heavy atom. The third-order valence-corrected chi connectivity index (χ3v) is 3.73. The van der Waals surface area contributed by atoms with Crippen LogP contribution in [-0.2, 0) is 13.0 Å². The first-order chi connectivity index (χ1) is 8.65. The normalized spacial score (nSPS) is 15.7. The maximum absolute atomic E-state index is 5.25. The van der Waals surface area contributed by atoms with Crippen LogP contribution >= 0.6 is 0 Å². The van der Waals surface area contributed by atoms with Gasteiger partial charge in [0.15, 0.2) is 0 Å². The Balaban J connectivity index is 2.05. The fourth-order valence-corrected chi connectivity index (χ4v) is 2.74. The van der Waals surface area contributed by atoms with Crippen molar-refractivity contribution in [1.29, 1.82) is 0 Å². The fraction of sp³-hybridized carbons (Fsp3) is 0.400. The Labute approximate surface area is 107 Å². The first-order valence-electron chi connectivity index (χ1n) is 6.39. The lowest BCUT2D eigenvalue weighted by molar-refractivity contribution is 0.313. The van der Waals surface area contributed by atoms with Gasteiger partial charge in [-0.1, -0.05) is 23.4 Å². The van der Waals surface area contributed by atoms with Crippen molar-refractivity contribution < 1.29 is 4.52 Å². The van der Waals surface area contributed by atoms with Crippen molar-refractivity contribution in [1.82, 2.24) is 10.1 Å². The summed E-state index contributed by atoms with van der Waals surface area (Å²) >= 11 is 0. The second kappa shape index (κ2) is 4.25. The van der Waals surface area contributed by atoms with Crippen molar-refractivity contribution in [3.8, 4) is 11.1 Å². The molecule has 0 bridgehead atoms. The largest absolute Gasteiger partial charge is 0.361 e. The van der Waals surface area contributed by atoms with E-state index in [0.29, 0.717) is 0 Å². The zero-order valence-corrected chi connectivity index (χ0v) is 11.2. The molecule has 3 nitrogen and oxygen atoms in total. The van der Waals surface area contributed by atoms with Gasteiger partial charge in [-0.05, 0) is 44.0 Å². The minimum Gasteiger partial charge on any atom is -0.361 e. The van der Waals surface area contributed by atoms with Crippen LogP contribution in [0.25, 0.3) is 11.1 Å². The molecule has 1 aliphatic heterocycles. The molecule has 1 aromatic heterocycles. The molecule has 0 unspecified atom stereocenters. The molecule has 1 aliphatic rings.